The van der Waals surface area contributed by atoms with Gasteiger partial charge in [0.2, 0.25) is 0 Å². The van der Waals surface area contributed by atoms with Gasteiger partial charge in [-0.15, -0.1) is 0 Å². The van der Waals surface area contributed by atoms with Gasteiger partial charge in [0.25, 0.3) is 0 Å². The molecule has 2 atom stereocenters. The van der Waals surface area contributed by atoms with Crippen LogP contribution in [0.4, 0.5) is 0 Å². The largest absolute Gasteiger partial charge is 0.313 e. The van der Waals surface area contributed by atoms with Gasteiger partial charge >= 0.3 is 0 Å². The summed E-state index contributed by atoms with van der Waals surface area (Å²) >= 11 is 0. The lowest BCUT2D eigenvalue weighted by atomic mass is 9.94. The molecule has 1 aliphatic heterocycles. The fourth-order valence-electron chi connectivity index (χ4n) is 3.17. The van der Waals surface area contributed by atoms with Gasteiger partial charge in [0.15, 0.2) is 0 Å². The Morgan fingerprint density at radius 3 is 2.56 bits per heavy atom. The molecule has 0 amide bonds. The third kappa shape index (κ3) is 3.33. The van der Waals surface area contributed by atoms with E-state index in [1.54, 1.807) is 0 Å². The molecule has 1 aliphatic rings. The Morgan fingerprint density at radius 2 is 2.00 bits per heavy atom. The van der Waals surface area contributed by atoms with E-state index in [2.05, 4.69) is 61.4 Å². The smallest absolute Gasteiger partial charge is 0.0368 e. The maximum atomic E-state index is 3.59. The quantitative estimate of drug-likeness (QED) is 0.859. The second kappa shape index (κ2) is 6.35. The zero-order valence-electron chi connectivity index (χ0n) is 11.9. The molecule has 2 unspecified atom stereocenters. The van der Waals surface area contributed by atoms with Crippen molar-refractivity contribution >= 4 is 0 Å². The van der Waals surface area contributed by atoms with Crippen LogP contribution in [0.15, 0.2) is 30.3 Å². The van der Waals surface area contributed by atoms with Gasteiger partial charge in [-0.2, -0.15) is 0 Å². The van der Waals surface area contributed by atoms with Gasteiger partial charge < -0.3 is 5.32 Å². The van der Waals surface area contributed by atoms with Crippen molar-refractivity contribution in [3.05, 3.63) is 35.9 Å². The highest BCUT2D eigenvalue weighted by molar-refractivity contribution is 5.19. The molecule has 2 rings (SSSR count). The van der Waals surface area contributed by atoms with Crippen molar-refractivity contribution in [3.63, 3.8) is 0 Å². The van der Waals surface area contributed by atoms with E-state index >= 15 is 0 Å². The van der Waals surface area contributed by atoms with Gasteiger partial charge in [0.1, 0.15) is 0 Å². The standard InChI is InChI=1S/C16H26N2/c1-13(2)16(14-8-5-4-6-9-14)18(3)12-15-10-7-11-17-15/h4-6,8-9,13,15-17H,7,10-12H2,1-3H3. The van der Waals surface area contributed by atoms with E-state index in [9.17, 15) is 0 Å². The summed E-state index contributed by atoms with van der Waals surface area (Å²) in [5.74, 6) is 0.638. The van der Waals surface area contributed by atoms with E-state index in [0.717, 1.165) is 6.54 Å². The summed E-state index contributed by atoms with van der Waals surface area (Å²) in [6.45, 7) is 6.97. The predicted octanol–water partition coefficient (Wildman–Crippen LogP) is 3.07. The van der Waals surface area contributed by atoms with Crippen molar-refractivity contribution in [1.82, 2.24) is 10.2 Å². The fraction of sp³-hybridized carbons (Fsp3) is 0.625. The van der Waals surface area contributed by atoms with E-state index in [-0.39, 0.29) is 0 Å². The van der Waals surface area contributed by atoms with Gasteiger partial charge in [-0.05, 0) is 37.9 Å². The Bertz CT molecular complexity index is 341. The number of nitrogens with zero attached hydrogens (tertiary/aromatic N) is 1. The highest BCUT2D eigenvalue weighted by Crippen LogP contribution is 2.27. The average Bonchev–Trinajstić information content (AvgIpc) is 2.83. The number of rotatable bonds is 5. The number of hydrogen-bond donors (Lipinski definition) is 1. The summed E-state index contributed by atoms with van der Waals surface area (Å²) in [5.41, 5.74) is 1.44. The highest BCUT2D eigenvalue weighted by Gasteiger charge is 2.24. The van der Waals surface area contributed by atoms with Crippen LogP contribution in [-0.4, -0.2) is 31.1 Å². The third-order valence-electron chi connectivity index (χ3n) is 3.92. The Kier molecular flexibility index (Phi) is 4.79. The zero-order valence-corrected chi connectivity index (χ0v) is 11.9. The molecule has 1 aromatic rings. The lowest BCUT2D eigenvalue weighted by Gasteiger charge is -2.33. The van der Waals surface area contributed by atoms with Crippen LogP contribution >= 0.6 is 0 Å². The second-order valence-corrected chi connectivity index (χ2v) is 5.83. The van der Waals surface area contributed by atoms with Crippen LogP contribution in [0, 0.1) is 5.92 Å². The maximum Gasteiger partial charge on any atom is 0.0368 e. The summed E-state index contributed by atoms with van der Waals surface area (Å²) in [4.78, 5) is 2.52. The lowest BCUT2D eigenvalue weighted by molar-refractivity contribution is 0.179. The highest BCUT2D eigenvalue weighted by atomic mass is 15.2. The average molecular weight is 246 g/mol. The lowest BCUT2D eigenvalue weighted by Crippen LogP contribution is -2.38. The van der Waals surface area contributed by atoms with Crippen LogP contribution in [0.1, 0.15) is 38.3 Å². The van der Waals surface area contributed by atoms with E-state index in [0.29, 0.717) is 18.0 Å². The van der Waals surface area contributed by atoms with Crippen LogP contribution < -0.4 is 5.32 Å². The Morgan fingerprint density at radius 1 is 1.28 bits per heavy atom. The molecule has 0 saturated carbocycles. The van der Waals surface area contributed by atoms with Crippen LogP contribution in [0.3, 0.4) is 0 Å². The molecule has 0 aliphatic carbocycles. The van der Waals surface area contributed by atoms with E-state index in [1.165, 1.54) is 24.9 Å². The maximum absolute atomic E-state index is 3.59. The summed E-state index contributed by atoms with van der Waals surface area (Å²) in [7, 11) is 2.26. The second-order valence-electron chi connectivity index (χ2n) is 5.83. The first-order valence-electron chi connectivity index (χ1n) is 7.17. The summed E-state index contributed by atoms with van der Waals surface area (Å²) in [6, 6.07) is 12.1. The van der Waals surface area contributed by atoms with Crippen molar-refractivity contribution in [3.8, 4) is 0 Å². The molecule has 1 heterocycles. The van der Waals surface area contributed by atoms with Crippen LogP contribution in [-0.2, 0) is 0 Å². The summed E-state index contributed by atoms with van der Waals surface area (Å²) < 4.78 is 0. The SMILES string of the molecule is CC(C)C(c1ccccc1)N(C)CC1CCCN1. The van der Waals surface area contributed by atoms with Gasteiger partial charge in [0, 0.05) is 18.6 Å². The molecule has 0 radical (unpaired) electrons. The fourth-order valence-corrected chi connectivity index (χ4v) is 3.17. The Labute approximate surface area is 111 Å². The molecule has 0 bridgehead atoms. The monoisotopic (exact) mass is 246 g/mol. The van der Waals surface area contributed by atoms with Crippen molar-refractivity contribution in [2.75, 3.05) is 20.1 Å². The van der Waals surface area contributed by atoms with E-state index < -0.39 is 0 Å². The van der Waals surface area contributed by atoms with Gasteiger partial charge in [-0.25, -0.2) is 0 Å². The van der Waals surface area contributed by atoms with Gasteiger partial charge in [-0.3, -0.25) is 4.90 Å². The summed E-state index contributed by atoms with van der Waals surface area (Å²) in [5, 5.41) is 3.59. The van der Waals surface area contributed by atoms with Gasteiger partial charge in [-0.1, -0.05) is 44.2 Å². The first-order valence-corrected chi connectivity index (χ1v) is 7.17. The topological polar surface area (TPSA) is 15.3 Å². The molecule has 0 spiro atoms. The first kappa shape index (κ1) is 13.6. The molecule has 1 saturated heterocycles. The number of likely N-dealkylation sites (N-methyl/N-ethyl adjacent to an activating group) is 1. The number of nitrogens with one attached hydrogen (secondary N) is 1. The van der Waals surface area contributed by atoms with Crippen molar-refractivity contribution in [2.45, 2.75) is 38.8 Å². The zero-order chi connectivity index (χ0) is 13.0. The molecule has 2 nitrogen and oxygen atoms in total. The van der Waals surface area contributed by atoms with E-state index in [1.807, 2.05) is 0 Å². The van der Waals surface area contributed by atoms with Crippen LogP contribution in [0.2, 0.25) is 0 Å². The molecule has 1 fully saturated rings. The minimum absolute atomic E-state index is 0.522. The van der Waals surface area contributed by atoms with Crippen molar-refractivity contribution in [1.29, 1.82) is 0 Å². The molecule has 0 aromatic heterocycles. The minimum atomic E-state index is 0.522. The predicted molar refractivity (Wildman–Crippen MR) is 77.7 cm³/mol. The number of benzene rings is 1. The molecule has 100 valence electrons. The molecule has 18 heavy (non-hydrogen) atoms. The minimum Gasteiger partial charge on any atom is -0.313 e. The van der Waals surface area contributed by atoms with E-state index in [4.69, 9.17) is 0 Å². The van der Waals surface area contributed by atoms with Crippen LogP contribution in [0.5, 0.6) is 0 Å². The molecular weight excluding hydrogens is 220 g/mol. The van der Waals surface area contributed by atoms with Crippen molar-refractivity contribution in [2.24, 2.45) is 5.92 Å². The summed E-state index contributed by atoms with van der Waals surface area (Å²) in [6.07, 6.45) is 2.65. The normalized spacial score (nSPS) is 21.7. The molecular formula is C16H26N2. The third-order valence-corrected chi connectivity index (χ3v) is 3.92. The van der Waals surface area contributed by atoms with Crippen LogP contribution in [0.25, 0.3) is 0 Å². The van der Waals surface area contributed by atoms with Crippen molar-refractivity contribution < 1.29 is 0 Å². The molecule has 2 heteroatoms. The molecule has 1 aromatic carbocycles. The first-order chi connectivity index (χ1) is 8.68. The Hall–Kier alpha value is -0.860. The van der Waals surface area contributed by atoms with Gasteiger partial charge in [0.05, 0.1) is 0 Å². The Balaban J connectivity index is 2.05. The molecule has 1 N–H and O–H groups in total. The number of hydrogen-bond acceptors (Lipinski definition) is 2.